The lowest BCUT2D eigenvalue weighted by molar-refractivity contribution is 0.0953. The SMILES string of the molecule is CCNC(=O)c1cc2c(=O)n3cccc(C)c3nc2n(CCO)c1=N. The van der Waals surface area contributed by atoms with Crippen LogP contribution in [0.1, 0.15) is 22.8 Å². The number of rotatable bonds is 4. The molecule has 0 aliphatic heterocycles. The molecule has 0 fully saturated rings. The number of hydrogen-bond donors (Lipinski definition) is 3. The number of pyridine rings is 2. The summed E-state index contributed by atoms with van der Waals surface area (Å²) in [6.07, 6.45) is 1.62. The van der Waals surface area contributed by atoms with E-state index >= 15 is 0 Å². The van der Waals surface area contributed by atoms with Gasteiger partial charge in [0.1, 0.15) is 16.8 Å². The molecule has 1 amide bonds. The molecule has 0 radical (unpaired) electrons. The summed E-state index contributed by atoms with van der Waals surface area (Å²) in [5, 5.41) is 20.5. The second kappa shape index (κ2) is 6.48. The van der Waals surface area contributed by atoms with Gasteiger partial charge in [0.2, 0.25) is 0 Å². The van der Waals surface area contributed by atoms with Crippen molar-refractivity contribution in [3.63, 3.8) is 0 Å². The van der Waals surface area contributed by atoms with Crippen LogP contribution in [0.3, 0.4) is 0 Å². The summed E-state index contributed by atoms with van der Waals surface area (Å²) in [5.74, 6) is -0.435. The zero-order chi connectivity index (χ0) is 18.1. The predicted octanol–water partition coefficient (Wildman–Crippen LogP) is 0.179. The first kappa shape index (κ1) is 16.8. The molecule has 0 aromatic carbocycles. The number of carbonyl (C=O) groups is 1. The largest absolute Gasteiger partial charge is 0.395 e. The Kier molecular flexibility index (Phi) is 4.37. The van der Waals surface area contributed by atoms with Crippen molar-refractivity contribution in [2.45, 2.75) is 20.4 Å². The van der Waals surface area contributed by atoms with Gasteiger partial charge >= 0.3 is 0 Å². The van der Waals surface area contributed by atoms with Gasteiger partial charge in [-0.1, -0.05) is 6.07 Å². The van der Waals surface area contributed by atoms with E-state index in [9.17, 15) is 14.7 Å². The van der Waals surface area contributed by atoms with Gasteiger partial charge in [-0.25, -0.2) is 4.98 Å². The number of aryl methyl sites for hydroxylation is 1. The van der Waals surface area contributed by atoms with E-state index in [-0.39, 0.29) is 40.8 Å². The maximum Gasteiger partial charge on any atom is 0.267 e. The fraction of sp³-hybridized carbons (Fsp3) is 0.294. The Bertz CT molecular complexity index is 1100. The number of carbonyl (C=O) groups excluding carboxylic acids is 1. The van der Waals surface area contributed by atoms with Gasteiger partial charge in [0.05, 0.1) is 17.6 Å². The van der Waals surface area contributed by atoms with Crippen molar-refractivity contribution >= 4 is 22.6 Å². The first-order chi connectivity index (χ1) is 12.0. The third-order valence-electron chi connectivity index (χ3n) is 4.04. The number of aliphatic hydroxyl groups excluding tert-OH is 1. The number of aliphatic hydroxyl groups is 1. The number of fused-ring (bicyclic) bond motifs is 2. The Hall–Kier alpha value is -3.00. The molecule has 3 rings (SSSR count). The Balaban J connectivity index is 2.49. The van der Waals surface area contributed by atoms with Crippen molar-refractivity contribution < 1.29 is 9.90 Å². The third-order valence-corrected chi connectivity index (χ3v) is 4.04. The van der Waals surface area contributed by atoms with Crippen molar-refractivity contribution in [2.24, 2.45) is 0 Å². The molecule has 3 heterocycles. The van der Waals surface area contributed by atoms with Crippen LogP contribution in [0.5, 0.6) is 0 Å². The lowest BCUT2D eigenvalue weighted by atomic mass is 10.2. The summed E-state index contributed by atoms with van der Waals surface area (Å²) < 4.78 is 2.82. The van der Waals surface area contributed by atoms with Crippen LogP contribution in [0.15, 0.2) is 29.2 Å². The van der Waals surface area contributed by atoms with Crippen molar-refractivity contribution in [2.75, 3.05) is 13.2 Å². The van der Waals surface area contributed by atoms with E-state index in [0.717, 1.165) is 5.56 Å². The van der Waals surface area contributed by atoms with Gasteiger partial charge in [-0.05, 0) is 31.5 Å². The summed E-state index contributed by atoms with van der Waals surface area (Å²) in [7, 11) is 0. The molecule has 0 saturated carbocycles. The molecule has 0 unspecified atom stereocenters. The molecule has 0 saturated heterocycles. The van der Waals surface area contributed by atoms with E-state index in [1.54, 1.807) is 19.2 Å². The minimum atomic E-state index is -0.435. The van der Waals surface area contributed by atoms with E-state index in [2.05, 4.69) is 10.3 Å². The van der Waals surface area contributed by atoms with Gasteiger partial charge in [0.25, 0.3) is 11.5 Å². The van der Waals surface area contributed by atoms with Crippen LogP contribution in [0.2, 0.25) is 0 Å². The van der Waals surface area contributed by atoms with Crippen LogP contribution in [0, 0.1) is 12.3 Å². The van der Waals surface area contributed by atoms with Gasteiger partial charge in [-0.15, -0.1) is 0 Å². The van der Waals surface area contributed by atoms with E-state index in [0.29, 0.717) is 12.2 Å². The second-order valence-electron chi connectivity index (χ2n) is 5.68. The summed E-state index contributed by atoms with van der Waals surface area (Å²) >= 11 is 0. The van der Waals surface area contributed by atoms with Crippen molar-refractivity contribution in [3.05, 3.63) is 51.4 Å². The molecule has 0 bridgehead atoms. The topological polar surface area (TPSA) is 112 Å². The maximum atomic E-state index is 12.9. The van der Waals surface area contributed by atoms with Gasteiger partial charge in [-0.2, -0.15) is 0 Å². The van der Waals surface area contributed by atoms with E-state index in [4.69, 9.17) is 5.41 Å². The fourth-order valence-electron chi connectivity index (χ4n) is 2.84. The zero-order valence-electron chi connectivity index (χ0n) is 14.0. The van der Waals surface area contributed by atoms with E-state index in [1.165, 1.54) is 15.0 Å². The number of hydrogen-bond acceptors (Lipinski definition) is 5. The van der Waals surface area contributed by atoms with Crippen molar-refractivity contribution in [1.29, 1.82) is 5.41 Å². The minimum Gasteiger partial charge on any atom is -0.395 e. The molecular formula is C17H19N5O3. The summed E-state index contributed by atoms with van der Waals surface area (Å²) in [6, 6.07) is 5.00. The Morgan fingerprint density at radius 1 is 1.40 bits per heavy atom. The van der Waals surface area contributed by atoms with Gasteiger partial charge in [-0.3, -0.25) is 19.4 Å². The van der Waals surface area contributed by atoms with E-state index < -0.39 is 5.91 Å². The predicted molar refractivity (Wildman–Crippen MR) is 92.6 cm³/mol. The Morgan fingerprint density at radius 2 is 2.16 bits per heavy atom. The summed E-state index contributed by atoms with van der Waals surface area (Å²) in [6.45, 7) is 3.85. The summed E-state index contributed by atoms with van der Waals surface area (Å²) in [4.78, 5) is 29.7. The highest BCUT2D eigenvalue weighted by molar-refractivity contribution is 5.96. The average Bonchev–Trinajstić information content (AvgIpc) is 2.59. The molecule has 8 heteroatoms. The highest BCUT2D eigenvalue weighted by Crippen LogP contribution is 2.12. The molecule has 0 spiro atoms. The van der Waals surface area contributed by atoms with Crippen LogP contribution in [0.4, 0.5) is 0 Å². The molecule has 3 N–H and O–H groups in total. The van der Waals surface area contributed by atoms with Gasteiger partial charge < -0.3 is 15.0 Å². The monoisotopic (exact) mass is 341 g/mol. The molecule has 0 atom stereocenters. The van der Waals surface area contributed by atoms with Crippen LogP contribution < -0.4 is 16.4 Å². The molecule has 0 aliphatic rings. The number of amides is 1. The fourth-order valence-corrected chi connectivity index (χ4v) is 2.84. The lowest BCUT2D eigenvalue weighted by Gasteiger charge is -2.14. The number of nitrogens with one attached hydrogen (secondary N) is 2. The number of aromatic nitrogens is 3. The highest BCUT2D eigenvalue weighted by Gasteiger charge is 2.17. The van der Waals surface area contributed by atoms with Crippen molar-refractivity contribution in [1.82, 2.24) is 19.3 Å². The number of nitrogens with zero attached hydrogens (tertiary/aromatic N) is 3. The van der Waals surface area contributed by atoms with Crippen LogP contribution in [-0.2, 0) is 6.54 Å². The van der Waals surface area contributed by atoms with Gasteiger partial charge in [0, 0.05) is 19.3 Å². The molecule has 8 nitrogen and oxygen atoms in total. The molecule has 130 valence electrons. The molecule has 3 aromatic rings. The first-order valence-electron chi connectivity index (χ1n) is 7.98. The molecular weight excluding hydrogens is 322 g/mol. The first-order valence-corrected chi connectivity index (χ1v) is 7.98. The normalized spacial score (nSPS) is 11.2. The highest BCUT2D eigenvalue weighted by atomic mass is 16.3. The third kappa shape index (κ3) is 2.70. The zero-order valence-corrected chi connectivity index (χ0v) is 14.0. The van der Waals surface area contributed by atoms with Crippen molar-refractivity contribution in [3.8, 4) is 0 Å². The minimum absolute atomic E-state index is 0.0665. The summed E-state index contributed by atoms with van der Waals surface area (Å²) in [5.41, 5.74) is 1.26. The van der Waals surface area contributed by atoms with Crippen LogP contribution >= 0.6 is 0 Å². The average molecular weight is 341 g/mol. The molecule has 0 aliphatic carbocycles. The Labute approximate surface area is 142 Å². The maximum absolute atomic E-state index is 12.9. The molecule has 3 aromatic heterocycles. The lowest BCUT2D eigenvalue weighted by Crippen LogP contribution is -2.35. The van der Waals surface area contributed by atoms with E-state index in [1.807, 2.05) is 13.0 Å². The van der Waals surface area contributed by atoms with Crippen LogP contribution in [-0.4, -0.2) is 38.1 Å². The smallest absolute Gasteiger partial charge is 0.267 e. The Morgan fingerprint density at radius 3 is 2.84 bits per heavy atom. The molecule has 25 heavy (non-hydrogen) atoms. The quantitative estimate of drug-likeness (QED) is 0.588. The standard InChI is InChI=1S/C17H19N5O3/c1-3-19-16(24)11-9-12-15(21(7-8-23)13(11)18)20-14-10(2)5-4-6-22(14)17(12)25/h4-6,9,18,23H,3,7-8H2,1-2H3,(H,19,24). The van der Waals surface area contributed by atoms with Gasteiger partial charge in [0.15, 0.2) is 0 Å². The second-order valence-corrected chi connectivity index (χ2v) is 5.68. The van der Waals surface area contributed by atoms with Crippen LogP contribution in [0.25, 0.3) is 16.7 Å².